The van der Waals surface area contributed by atoms with Crippen LogP contribution in [0.4, 0.5) is 5.69 Å². The molecule has 1 aromatic rings. The van der Waals surface area contributed by atoms with Gasteiger partial charge < -0.3 is 10.4 Å². The van der Waals surface area contributed by atoms with E-state index in [2.05, 4.69) is 21.2 Å². The predicted molar refractivity (Wildman–Crippen MR) is 85.3 cm³/mol. The quantitative estimate of drug-likeness (QED) is 0.836. The summed E-state index contributed by atoms with van der Waals surface area (Å²) in [6.45, 7) is 1.96. The van der Waals surface area contributed by atoms with Crippen molar-refractivity contribution < 1.29 is 14.7 Å². The van der Waals surface area contributed by atoms with Crippen molar-refractivity contribution in [3.05, 3.63) is 28.2 Å². The second kappa shape index (κ2) is 6.60. The Balaban J connectivity index is 2.02. The molecule has 0 unspecified atom stereocenters. The third kappa shape index (κ3) is 4.30. The Morgan fingerprint density at radius 1 is 1.29 bits per heavy atom. The van der Waals surface area contributed by atoms with Gasteiger partial charge in [0.2, 0.25) is 5.91 Å². The van der Waals surface area contributed by atoms with Crippen molar-refractivity contribution in [1.29, 1.82) is 0 Å². The highest BCUT2D eigenvalue weighted by atomic mass is 79.9. The zero-order valence-corrected chi connectivity index (χ0v) is 13.7. The van der Waals surface area contributed by atoms with E-state index in [1.165, 1.54) is 0 Å². The number of anilines is 1. The molecule has 1 aromatic carbocycles. The molecule has 1 saturated carbocycles. The van der Waals surface area contributed by atoms with Crippen LogP contribution in [-0.4, -0.2) is 17.0 Å². The summed E-state index contributed by atoms with van der Waals surface area (Å²) >= 11 is 3.42. The lowest BCUT2D eigenvalue weighted by molar-refractivity contribution is -0.140. The van der Waals surface area contributed by atoms with Gasteiger partial charge >= 0.3 is 5.97 Å². The Hall–Kier alpha value is -1.36. The number of halogens is 1. The number of aryl methyl sites for hydroxylation is 1. The third-order valence-corrected chi connectivity index (χ3v) is 5.06. The fourth-order valence-corrected chi connectivity index (χ4v) is 3.38. The fourth-order valence-electron chi connectivity index (χ4n) is 3.13. The molecule has 1 aliphatic carbocycles. The number of rotatable bonds is 5. The monoisotopic (exact) mass is 353 g/mol. The molecule has 114 valence electrons. The molecule has 0 saturated heterocycles. The van der Waals surface area contributed by atoms with E-state index in [1.807, 2.05) is 25.1 Å². The van der Waals surface area contributed by atoms with Gasteiger partial charge in [0.15, 0.2) is 0 Å². The van der Waals surface area contributed by atoms with E-state index in [1.54, 1.807) is 0 Å². The summed E-state index contributed by atoms with van der Waals surface area (Å²) in [5.74, 6) is -0.913. The number of hydrogen-bond donors (Lipinski definition) is 2. The summed E-state index contributed by atoms with van der Waals surface area (Å²) in [4.78, 5) is 23.3. The van der Waals surface area contributed by atoms with Crippen LogP contribution in [-0.2, 0) is 9.59 Å². The highest BCUT2D eigenvalue weighted by Gasteiger charge is 2.37. The zero-order chi connectivity index (χ0) is 15.5. The van der Waals surface area contributed by atoms with E-state index in [4.69, 9.17) is 5.11 Å². The first-order valence-corrected chi connectivity index (χ1v) is 7.97. The van der Waals surface area contributed by atoms with Crippen molar-refractivity contribution in [2.45, 2.75) is 45.4 Å². The Labute approximate surface area is 133 Å². The number of aliphatic carboxylic acids is 1. The largest absolute Gasteiger partial charge is 0.481 e. The summed E-state index contributed by atoms with van der Waals surface area (Å²) in [6.07, 6.45) is 4.04. The molecule has 0 heterocycles. The number of amides is 1. The van der Waals surface area contributed by atoms with Crippen molar-refractivity contribution in [3.63, 3.8) is 0 Å². The van der Waals surface area contributed by atoms with Gasteiger partial charge in [0.25, 0.3) is 0 Å². The molecule has 21 heavy (non-hydrogen) atoms. The molecule has 0 bridgehead atoms. The maximum atomic E-state index is 12.2. The maximum absolute atomic E-state index is 12.2. The van der Waals surface area contributed by atoms with Crippen molar-refractivity contribution in [3.8, 4) is 0 Å². The van der Waals surface area contributed by atoms with Crippen LogP contribution in [0.3, 0.4) is 0 Å². The number of nitrogens with one attached hydrogen (secondary N) is 1. The molecule has 0 aromatic heterocycles. The van der Waals surface area contributed by atoms with Gasteiger partial charge in [-0.15, -0.1) is 0 Å². The van der Waals surface area contributed by atoms with Crippen molar-refractivity contribution in [1.82, 2.24) is 0 Å². The molecule has 0 spiro atoms. The van der Waals surface area contributed by atoms with Crippen molar-refractivity contribution in [2.75, 3.05) is 5.32 Å². The predicted octanol–water partition coefficient (Wildman–Crippen LogP) is 4.12. The standard InChI is InChI=1S/C16H20BrNO3/c1-11-8-12(4-5-13(11)17)18-14(19)9-16(10-15(20)21)6-2-3-7-16/h4-5,8H,2-3,6-7,9-10H2,1H3,(H,18,19)(H,20,21). The maximum Gasteiger partial charge on any atom is 0.303 e. The molecule has 2 N–H and O–H groups in total. The fraction of sp³-hybridized carbons (Fsp3) is 0.500. The normalized spacial score (nSPS) is 16.7. The Morgan fingerprint density at radius 2 is 1.95 bits per heavy atom. The Kier molecular flexibility index (Phi) is 5.04. The first kappa shape index (κ1) is 16.0. The molecule has 5 heteroatoms. The summed E-state index contributed by atoms with van der Waals surface area (Å²) in [7, 11) is 0. The first-order chi connectivity index (χ1) is 9.90. The molecular formula is C16H20BrNO3. The molecule has 0 radical (unpaired) electrons. The van der Waals surface area contributed by atoms with Crippen LogP contribution in [0, 0.1) is 12.3 Å². The SMILES string of the molecule is Cc1cc(NC(=O)CC2(CC(=O)O)CCCC2)ccc1Br. The van der Waals surface area contributed by atoms with Crippen molar-refractivity contribution in [2.24, 2.45) is 5.41 Å². The smallest absolute Gasteiger partial charge is 0.303 e. The van der Waals surface area contributed by atoms with Gasteiger partial charge in [-0.1, -0.05) is 28.8 Å². The number of hydrogen-bond acceptors (Lipinski definition) is 2. The van der Waals surface area contributed by atoms with E-state index >= 15 is 0 Å². The Morgan fingerprint density at radius 3 is 2.52 bits per heavy atom. The van der Waals surface area contributed by atoms with Gasteiger partial charge in [0, 0.05) is 16.6 Å². The summed E-state index contributed by atoms with van der Waals surface area (Å²) in [5.41, 5.74) is 1.44. The number of carboxylic acid groups (broad SMARTS) is 1. The zero-order valence-electron chi connectivity index (χ0n) is 12.1. The van der Waals surface area contributed by atoms with Gasteiger partial charge in [-0.05, 0) is 48.9 Å². The highest BCUT2D eigenvalue weighted by molar-refractivity contribution is 9.10. The van der Waals surface area contributed by atoms with E-state index in [0.29, 0.717) is 0 Å². The van der Waals surface area contributed by atoms with Gasteiger partial charge in [0.05, 0.1) is 6.42 Å². The lowest BCUT2D eigenvalue weighted by Gasteiger charge is -2.26. The summed E-state index contributed by atoms with van der Waals surface area (Å²) in [5, 5.41) is 12.0. The van der Waals surface area contributed by atoms with E-state index < -0.39 is 5.97 Å². The molecule has 1 amide bonds. The molecule has 0 atom stereocenters. The minimum Gasteiger partial charge on any atom is -0.481 e. The second-order valence-corrected chi connectivity index (χ2v) is 6.82. The average Bonchev–Trinajstić information content (AvgIpc) is 2.80. The molecule has 0 aliphatic heterocycles. The molecule has 1 aliphatic rings. The van der Waals surface area contributed by atoms with Gasteiger partial charge in [-0.25, -0.2) is 0 Å². The van der Waals surface area contributed by atoms with Crippen LogP contribution < -0.4 is 5.32 Å². The number of carbonyl (C=O) groups is 2. The lowest BCUT2D eigenvalue weighted by atomic mass is 9.79. The number of benzene rings is 1. The van der Waals surface area contributed by atoms with Crippen LogP contribution in [0.5, 0.6) is 0 Å². The minimum absolute atomic E-state index is 0.0831. The minimum atomic E-state index is -0.816. The Bertz CT molecular complexity index is 550. The number of carboxylic acids is 1. The van der Waals surface area contributed by atoms with Crippen LogP contribution in [0.2, 0.25) is 0 Å². The second-order valence-electron chi connectivity index (χ2n) is 5.97. The first-order valence-electron chi connectivity index (χ1n) is 7.18. The van der Waals surface area contributed by atoms with Gasteiger partial charge in [-0.3, -0.25) is 9.59 Å². The van der Waals surface area contributed by atoms with Gasteiger partial charge in [-0.2, -0.15) is 0 Å². The van der Waals surface area contributed by atoms with E-state index in [0.717, 1.165) is 41.4 Å². The van der Waals surface area contributed by atoms with Crippen LogP contribution >= 0.6 is 15.9 Å². The molecule has 1 fully saturated rings. The highest BCUT2D eigenvalue weighted by Crippen LogP contribution is 2.44. The van der Waals surface area contributed by atoms with Crippen LogP contribution in [0.1, 0.15) is 44.1 Å². The van der Waals surface area contributed by atoms with Gasteiger partial charge in [0.1, 0.15) is 0 Å². The molecular weight excluding hydrogens is 334 g/mol. The average molecular weight is 354 g/mol. The van der Waals surface area contributed by atoms with Crippen LogP contribution in [0.25, 0.3) is 0 Å². The molecule has 2 rings (SSSR count). The van der Waals surface area contributed by atoms with Crippen LogP contribution in [0.15, 0.2) is 22.7 Å². The van der Waals surface area contributed by atoms with E-state index in [-0.39, 0.29) is 24.2 Å². The topological polar surface area (TPSA) is 66.4 Å². The summed E-state index contributed by atoms with van der Waals surface area (Å²) < 4.78 is 0.999. The molecule has 4 nitrogen and oxygen atoms in total. The number of carbonyl (C=O) groups excluding carboxylic acids is 1. The third-order valence-electron chi connectivity index (χ3n) is 4.17. The lowest BCUT2D eigenvalue weighted by Crippen LogP contribution is -2.27. The van der Waals surface area contributed by atoms with E-state index in [9.17, 15) is 9.59 Å². The summed E-state index contributed by atoms with van der Waals surface area (Å²) in [6, 6.07) is 5.64. The van der Waals surface area contributed by atoms with Crippen molar-refractivity contribution >= 4 is 33.5 Å².